The van der Waals surface area contributed by atoms with Gasteiger partial charge in [-0.3, -0.25) is 4.79 Å². The molecular weight excluding hydrogens is 294 g/mol. The molecule has 23 heavy (non-hydrogen) atoms. The smallest absolute Gasteiger partial charge is 0.416 e. The van der Waals surface area contributed by atoms with Gasteiger partial charge in [0.15, 0.2) is 0 Å². The van der Waals surface area contributed by atoms with Crippen molar-refractivity contribution in [2.75, 3.05) is 13.2 Å². The molecular formula is C18H21NO4. The quantitative estimate of drug-likeness (QED) is 0.573. The van der Waals surface area contributed by atoms with Gasteiger partial charge in [-0.25, -0.2) is 9.69 Å². The van der Waals surface area contributed by atoms with Gasteiger partial charge in [-0.1, -0.05) is 35.9 Å². The van der Waals surface area contributed by atoms with Crippen molar-refractivity contribution >= 4 is 18.3 Å². The van der Waals surface area contributed by atoms with Crippen LogP contribution < -0.4 is 0 Å². The van der Waals surface area contributed by atoms with Crippen molar-refractivity contribution in [1.29, 1.82) is 0 Å². The van der Waals surface area contributed by atoms with E-state index in [1.807, 2.05) is 37.3 Å². The molecule has 0 aliphatic carbocycles. The average Bonchev–Trinajstić information content (AvgIpc) is 2.98. The van der Waals surface area contributed by atoms with Crippen LogP contribution in [0.1, 0.15) is 25.3 Å². The monoisotopic (exact) mass is 315 g/mol. The van der Waals surface area contributed by atoms with Crippen LogP contribution in [0.25, 0.3) is 0 Å². The number of hydrogen-bond donors (Lipinski definition) is 0. The van der Waals surface area contributed by atoms with Gasteiger partial charge in [-0.15, -0.1) is 0 Å². The maximum atomic E-state index is 12.2. The first-order valence-corrected chi connectivity index (χ1v) is 7.76. The third-order valence-electron chi connectivity index (χ3n) is 3.98. The number of cyclic esters (lactones) is 1. The Bertz CT molecular complexity index is 594. The van der Waals surface area contributed by atoms with Crippen molar-refractivity contribution in [2.45, 2.75) is 26.2 Å². The summed E-state index contributed by atoms with van der Waals surface area (Å²) in [6.45, 7) is 2.41. The van der Waals surface area contributed by atoms with Crippen molar-refractivity contribution in [1.82, 2.24) is 4.90 Å². The zero-order valence-corrected chi connectivity index (χ0v) is 13.2. The van der Waals surface area contributed by atoms with Crippen molar-refractivity contribution in [3.8, 4) is 0 Å². The molecule has 0 spiro atoms. The Kier molecular flexibility index (Phi) is 6.09. The van der Waals surface area contributed by atoms with Crippen molar-refractivity contribution in [2.24, 2.45) is 5.92 Å². The number of nitrogens with zero attached hydrogens (tertiary/aromatic N) is 1. The number of aldehydes is 1. The lowest BCUT2D eigenvalue weighted by Gasteiger charge is -2.18. The second-order valence-corrected chi connectivity index (χ2v) is 5.62. The molecule has 1 unspecified atom stereocenters. The van der Waals surface area contributed by atoms with E-state index < -0.39 is 6.09 Å². The summed E-state index contributed by atoms with van der Waals surface area (Å²) in [6.07, 6.45) is 3.68. The Balaban J connectivity index is 2.09. The normalized spacial score (nSPS) is 16.1. The SMILES string of the molecule is C/C(=C/C(=O)N1CCOC1=O)C(CCC=O)Cc1ccccc1. The predicted molar refractivity (Wildman–Crippen MR) is 85.8 cm³/mol. The molecule has 1 aliphatic rings. The second kappa shape index (κ2) is 8.27. The molecule has 0 aromatic heterocycles. The second-order valence-electron chi connectivity index (χ2n) is 5.62. The van der Waals surface area contributed by atoms with E-state index in [4.69, 9.17) is 4.74 Å². The van der Waals surface area contributed by atoms with Crippen molar-refractivity contribution < 1.29 is 19.1 Å². The van der Waals surface area contributed by atoms with Crippen molar-refractivity contribution in [3.05, 3.63) is 47.5 Å². The number of benzene rings is 1. The van der Waals surface area contributed by atoms with Crippen molar-refractivity contribution in [3.63, 3.8) is 0 Å². The summed E-state index contributed by atoms with van der Waals surface area (Å²) in [7, 11) is 0. The van der Waals surface area contributed by atoms with E-state index in [2.05, 4.69) is 0 Å². The standard InChI is InChI=1S/C18H21NO4/c1-14(12-17(21)19-9-11-23-18(19)22)16(8-5-10-20)13-15-6-3-2-4-7-15/h2-4,6-7,10,12,16H,5,8-9,11,13H2,1H3/b14-12-. The zero-order chi connectivity index (χ0) is 16.7. The third-order valence-corrected chi connectivity index (χ3v) is 3.98. The van der Waals surface area contributed by atoms with Gasteiger partial charge < -0.3 is 9.53 Å². The van der Waals surface area contributed by atoms with E-state index in [0.29, 0.717) is 19.4 Å². The molecule has 0 bridgehead atoms. The average molecular weight is 315 g/mol. The third kappa shape index (κ3) is 4.77. The van der Waals surface area contributed by atoms with Crippen LogP contribution >= 0.6 is 0 Å². The minimum Gasteiger partial charge on any atom is -0.447 e. The molecule has 5 heteroatoms. The summed E-state index contributed by atoms with van der Waals surface area (Å²) >= 11 is 0. The number of hydrogen-bond acceptors (Lipinski definition) is 4. The number of ether oxygens (including phenoxy) is 1. The minimum atomic E-state index is -0.591. The van der Waals surface area contributed by atoms with E-state index in [-0.39, 0.29) is 18.4 Å². The van der Waals surface area contributed by atoms with Crippen LogP contribution in [0.4, 0.5) is 4.79 Å². The first kappa shape index (κ1) is 16.9. The fourth-order valence-corrected chi connectivity index (χ4v) is 2.64. The molecule has 0 saturated carbocycles. The van der Waals surface area contributed by atoms with Crippen LogP contribution in [-0.2, 0) is 20.7 Å². The van der Waals surface area contributed by atoms with E-state index in [1.54, 1.807) is 0 Å². The summed E-state index contributed by atoms with van der Waals surface area (Å²) in [5.74, 6) is -0.265. The largest absolute Gasteiger partial charge is 0.447 e. The van der Waals surface area contributed by atoms with Crippen LogP contribution in [0, 0.1) is 5.92 Å². The first-order valence-electron chi connectivity index (χ1n) is 7.76. The van der Waals surface area contributed by atoms with Crippen LogP contribution in [0.2, 0.25) is 0 Å². The summed E-state index contributed by atoms with van der Waals surface area (Å²) in [5, 5.41) is 0. The van der Waals surface area contributed by atoms with Crippen LogP contribution in [0.3, 0.4) is 0 Å². The molecule has 2 rings (SSSR count). The van der Waals surface area contributed by atoms with Gasteiger partial charge in [0, 0.05) is 12.5 Å². The number of rotatable bonds is 7. The van der Waals surface area contributed by atoms with Gasteiger partial charge >= 0.3 is 6.09 Å². The Labute approximate surface area is 135 Å². The van der Waals surface area contributed by atoms with Gasteiger partial charge in [0.25, 0.3) is 5.91 Å². The van der Waals surface area contributed by atoms with Gasteiger partial charge in [0.1, 0.15) is 12.9 Å². The lowest BCUT2D eigenvalue weighted by molar-refractivity contribution is -0.122. The maximum absolute atomic E-state index is 12.2. The lowest BCUT2D eigenvalue weighted by atomic mass is 9.88. The fraction of sp³-hybridized carbons (Fsp3) is 0.389. The van der Waals surface area contributed by atoms with Gasteiger partial charge in [-0.2, -0.15) is 0 Å². The molecule has 0 N–H and O–H groups in total. The number of imide groups is 1. The minimum absolute atomic E-state index is 0.0881. The molecule has 122 valence electrons. The van der Waals surface area contributed by atoms with E-state index in [0.717, 1.165) is 28.7 Å². The highest BCUT2D eigenvalue weighted by atomic mass is 16.6. The Morgan fingerprint density at radius 1 is 1.35 bits per heavy atom. The number of carbonyl (C=O) groups excluding carboxylic acids is 3. The molecule has 1 heterocycles. The maximum Gasteiger partial charge on any atom is 0.416 e. The molecule has 1 saturated heterocycles. The molecule has 1 aliphatic heterocycles. The van der Waals surface area contributed by atoms with Crippen LogP contribution in [0.15, 0.2) is 42.0 Å². The summed E-state index contributed by atoms with van der Waals surface area (Å²) < 4.78 is 4.78. The highest BCUT2D eigenvalue weighted by Crippen LogP contribution is 2.22. The summed E-state index contributed by atoms with van der Waals surface area (Å²) in [6, 6.07) is 9.95. The number of allylic oxidation sites excluding steroid dienone is 1. The van der Waals surface area contributed by atoms with Crippen LogP contribution in [0.5, 0.6) is 0 Å². The van der Waals surface area contributed by atoms with E-state index in [9.17, 15) is 14.4 Å². The highest BCUT2D eigenvalue weighted by Gasteiger charge is 2.27. The molecule has 2 amide bonds. The Morgan fingerprint density at radius 2 is 2.09 bits per heavy atom. The molecule has 5 nitrogen and oxygen atoms in total. The summed E-state index contributed by atoms with van der Waals surface area (Å²) in [5.41, 5.74) is 2.03. The lowest BCUT2D eigenvalue weighted by Crippen LogP contribution is -2.30. The van der Waals surface area contributed by atoms with Gasteiger partial charge in [-0.05, 0) is 31.2 Å². The van der Waals surface area contributed by atoms with E-state index >= 15 is 0 Å². The van der Waals surface area contributed by atoms with E-state index in [1.165, 1.54) is 6.08 Å². The van der Waals surface area contributed by atoms with Crippen LogP contribution in [-0.4, -0.2) is 36.3 Å². The molecule has 1 fully saturated rings. The predicted octanol–water partition coefficient (Wildman–Crippen LogP) is 2.75. The molecule has 1 aromatic carbocycles. The topological polar surface area (TPSA) is 63.7 Å². The zero-order valence-electron chi connectivity index (χ0n) is 13.2. The first-order chi connectivity index (χ1) is 11.1. The highest BCUT2D eigenvalue weighted by molar-refractivity contribution is 5.99. The molecule has 0 radical (unpaired) electrons. The Morgan fingerprint density at radius 3 is 2.70 bits per heavy atom. The Hall–Kier alpha value is -2.43. The summed E-state index contributed by atoms with van der Waals surface area (Å²) in [4.78, 5) is 35.4. The molecule has 1 aromatic rings. The van der Waals surface area contributed by atoms with Gasteiger partial charge in [0.2, 0.25) is 0 Å². The van der Waals surface area contributed by atoms with Gasteiger partial charge in [0.05, 0.1) is 6.54 Å². The molecule has 1 atom stereocenters. The number of carbonyl (C=O) groups is 3. The number of amides is 2. The fourth-order valence-electron chi connectivity index (χ4n) is 2.64.